The first-order valence-electron chi connectivity index (χ1n) is 6.64. The standard InChI is InChI=1S/C16H18BrNO2S/c1-11-4-9-16(12(2)10-11)21(19,20)18-13(3)14-5-7-15(17)8-6-14/h4-10,13,18H,1-3H3. The van der Waals surface area contributed by atoms with E-state index in [-0.39, 0.29) is 6.04 Å². The normalized spacial score (nSPS) is 13.1. The number of hydrogen-bond donors (Lipinski definition) is 1. The molecule has 1 atom stereocenters. The van der Waals surface area contributed by atoms with E-state index in [1.54, 1.807) is 6.07 Å². The Morgan fingerprint density at radius 1 is 1.05 bits per heavy atom. The minimum Gasteiger partial charge on any atom is -0.207 e. The first-order chi connectivity index (χ1) is 9.79. The molecule has 0 saturated heterocycles. The maximum Gasteiger partial charge on any atom is 0.241 e. The van der Waals surface area contributed by atoms with E-state index >= 15 is 0 Å². The highest BCUT2D eigenvalue weighted by molar-refractivity contribution is 9.10. The Kier molecular flexibility index (Phi) is 4.86. The third-order valence-electron chi connectivity index (χ3n) is 3.32. The van der Waals surface area contributed by atoms with Crippen molar-refractivity contribution in [1.29, 1.82) is 0 Å². The number of aryl methyl sites for hydroxylation is 2. The summed E-state index contributed by atoms with van der Waals surface area (Å²) in [7, 11) is -3.53. The van der Waals surface area contributed by atoms with Crippen LogP contribution in [-0.2, 0) is 10.0 Å². The number of hydrogen-bond acceptors (Lipinski definition) is 2. The summed E-state index contributed by atoms with van der Waals surface area (Å²) in [6.07, 6.45) is 0. The third kappa shape index (κ3) is 3.93. The van der Waals surface area contributed by atoms with Gasteiger partial charge in [-0.3, -0.25) is 0 Å². The van der Waals surface area contributed by atoms with Crippen molar-refractivity contribution in [1.82, 2.24) is 4.72 Å². The monoisotopic (exact) mass is 367 g/mol. The molecule has 3 nitrogen and oxygen atoms in total. The Labute approximate surface area is 134 Å². The average molecular weight is 368 g/mol. The molecular formula is C16H18BrNO2S. The van der Waals surface area contributed by atoms with E-state index in [1.807, 2.05) is 57.2 Å². The van der Waals surface area contributed by atoms with E-state index in [9.17, 15) is 8.42 Å². The van der Waals surface area contributed by atoms with Crippen LogP contribution < -0.4 is 4.72 Å². The summed E-state index contributed by atoms with van der Waals surface area (Å²) in [6, 6.07) is 12.7. The molecule has 0 saturated carbocycles. The van der Waals surface area contributed by atoms with Gasteiger partial charge in [-0.2, -0.15) is 0 Å². The van der Waals surface area contributed by atoms with Crippen molar-refractivity contribution < 1.29 is 8.42 Å². The third-order valence-corrected chi connectivity index (χ3v) is 5.55. The number of benzene rings is 2. The molecule has 0 aliphatic rings. The predicted octanol–water partition coefficient (Wildman–Crippen LogP) is 4.11. The van der Waals surface area contributed by atoms with Gasteiger partial charge in [-0.1, -0.05) is 45.8 Å². The van der Waals surface area contributed by atoms with Gasteiger partial charge in [0.25, 0.3) is 0 Å². The Morgan fingerprint density at radius 2 is 1.67 bits per heavy atom. The lowest BCUT2D eigenvalue weighted by molar-refractivity contribution is 0.566. The van der Waals surface area contributed by atoms with Crippen LogP contribution in [0.1, 0.15) is 29.7 Å². The van der Waals surface area contributed by atoms with Gasteiger partial charge in [-0.25, -0.2) is 13.1 Å². The van der Waals surface area contributed by atoms with Gasteiger partial charge in [0.15, 0.2) is 0 Å². The Balaban J connectivity index is 2.26. The predicted molar refractivity (Wildman–Crippen MR) is 88.8 cm³/mol. The van der Waals surface area contributed by atoms with Gasteiger partial charge in [-0.05, 0) is 50.1 Å². The highest BCUT2D eigenvalue weighted by Gasteiger charge is 2.20. The topological polar surface area (TPSA) is 46.2 Å². The second kappa shape index (κ2) is 6.30. The molecular weight excluding hydrogens is 350 g/mol. The summed E-state index contributed by atoms with van der Waals surface area (Å²) < 4.78 is 28.7. The molecule has 2 rings (SSSR count). The van der Waals surface area contributed by atoms with E-state index in [1.165, 1.54) is 0 Å². The smallest absolute Gasteiger partial charge is 0.207 e. The number of nitrogens with one attached hydrogen (secondary N) is 1. The van der Waals surface area contributed by atoms with Crippen LogP contribution in [0, 0.1) is 13.8 Å². The van der Waals surface area contributed by atoms with Crippen LogP contribution in [0.5, 0.6) is 0 Å². The molecule has 0 bridgehead atoms. The van der Waals surface area contributed by atoms with E-state index in [0.717, 1.165) is 21.2 Å². The van der Waals surface area contributed by atoms with Crippen molar-refractivity contribution in [2.75, 3.05) is 0 Å². The molecule has 0 fully saturated rings. The van der Waals surface area contributed by atoms with E-state index in [4.69, 9.17) is 0 Å². The molecule has 0 amide bonds. The summed E-state index contributed by atoms with van der Waals surface area (Å²) >= 11 is 3.37. The lowest BCUT2D eigenvalue weighted by Gasteiger charge is -2.16. The SMILES string of the molecule is Cc1ccc(S(=O)(=O)NC(C)c2ccc(Br)cc2)c(C)c1. The first-order valence-corrected chi connectivity index (χ1v) is 8.92. The molecule has 0 aliphatic heterocycles. The molecule has 2 aromatic rings. The molecule has 5 heteroatoms. The van der Waals surface area contributed by atoms with E-state index < -0.39 is 10.0 Å². The molecule has 0 radical (unpaired) electrons. The van der Waals surface area contributed by atoms with Crippen molar-refractivity contribution in [3.63, 3.8) is 0 Å². The average Bonchev–Trinajstić information content (AvgIpc) is 2.38. The maximum atomic E-state index is 12.5. The summed E-state index contributed by atoms with van der Waals surface area (Å²) in [4.78, 5) is 0.331. The van der Waals surface area contributed by atoms with Crippen LogP contribution in [0.15, 0.2) is 51.8 Å². The van der Waals surface area contributed by atoms with Crippen molar-refractivity contribution in [3.8, 4) is 0 Å². The van der Waals surface area contributed by atoms with Gasteiger partial charge in [0.1, 0.15) is 0 Å². The quantitative estimate of drug-likeness (QED) is 0.883. The van der Waals surface area contributed by atoms with E-state index in [2.05, 4.69) is 20.7 Å². The summed E-state index contributed by atoms with van der Waals surface area (Å²) in [5, 5.41) is 0. The van der Waals surface area contributed by atoms with Crippen molar-refractivity contribution >= 4 is 26.0 Å². The number of halogens is 1. The van der Waals surface area contributed by atoms with Gasteiger partial charge in [0.05, 0.1) is 4.90 Å². The summed E-state index contributed by atoms with van der Waals surface area (Å²) in [5.41, 5.74) is 2.73. The molecule has 0 spiro atoms. The molecule has 0 heterocycles. The second-order valence-electron chi connectivity index (χ2n) is 5.16. The number of rotatable bonds is 4. The zero-order valence-electron chi connectivity index (χ0n) is 12.2. The van der Waals surface area contributed by atoms with Crippen LogP contribution >= 0.6 is 15.9 Å². The van der Waals surface area contributed by atoms with Gasteiger partial charge in [0, 0.05) is 10.5 Å². The minimum absolute atomic E-state index is 0.288. The maximum absolute atomic E-state index is 12.5. The molecule has 0 aliphatic carbocycles. The van der Waals surface area contributed by atoms with Gasteiger partial charge in [-0.15, -0.1) is 0 Å². The van der Waals surface area contributed by atoms with Gasteiger partial charge < -0.3 is 0 Å². The molecule has 112 valence electrons. The highest BCUT2D eigenvalue weighted by atomic mass is 79.9. The molecule has 2 aromatic carbocycles. The van der Waals surface area contributed by atoms with Crippen molar-refractivity contribution in [2.24, 2.45) is 0 Å². The van der Waals surface area contributed by atoms with Crippen molar-refractivity contribution in [3.05, 3.63) is 63.6 Å². The summed E-state index contributed by atoms with van der Waals surface area (Å²) in [6.45, 7) is 5.59. The zero-order valence-corrected chi connectivity index (χ0v) is 14.6. The van der Waals surface area contributed by atoms with Crippen LogP contribution in [0.25, 0.3) is 0 Å². The lowest BCUT2D eigenvalue weighted by atomic mass is 10.1. The fourth-order valence-electron chi connectivity index (χ4n) is 2.22. The zero-order chi connectivity index (χ0) is 15.6. The molecule has 1 unspecified atom stereocenters. The molecule has 21 heavy (non-hydrogen) atoms. The molecule has 0 aromatic heterocycles. The fraction of sp³-hybridized carbons (Fsp3) is 0.250. The van der Waals surface area contributed by atoms with Crippen LogP contribution in [-0.4, -0.2) is 8.42 Å². The first kappa shape index (κ1) is 16.2. The second-order valence-corrected chi connectivity index (χ2v) is 7.76. The number of sulfonamides is 1. The lowest BCUT2D eigenvalue weighted by Crippen LogP contribution is -2.27. The Morgan fingerprint density at radius 3 is 2.24 bits per heavy atom. The highest BCUT2D eigenvalue weighted by Crippen LogP contribution is 2.21. The Bertz CT molecular complexity index is 739. The fourth-order valence-corrected chi connectivity index (χ4v) is 3.94. The largest absolute Gasteiger partial charge is 0.241 e. The van der Waals surface area contributed by atoms with Gasteiger partial charge in [0.2, 0.25) is 10.0 Å². The summed E-state index contributed by atoms with van der Waals surface area (Å²) in [5.74, 6) is 0. The van der Waals surface area contributed by atoms with Gasteiger partial charge >= 0.3 is 0 Å². The Hall–Kier alpha value is -1.17. The van der Waals surface area contributed by atoms with Crippen LogP contribution in [0.2, 0.25) is 0 Å². The van der Waals surface area contributed by atoms with Crippen LogP contribution in [0.4, 0.5) is 0 Å². The van der Waals surface area contributed by atoms with Crippen molar-refractivity contribution in [2.45, 2.75) is 31.7 Å². The van der Waals surface area contributed by atoms with Crippen LogP contribution in [0.3, 0.4) is 0 Å². The minimum atomic E-state index is -3.53. The molecule has 1 N–H and O–H groups in total. The van der Waals surface area contributed by atoms with E-state index in [0.29, 0.717) is 4.90 Å².